The van der Waals surface area contributed by atoms with Crippen molar-refractivity contribution in [2.75, 3.05) is 37.6 Å². The Bertz CT molecular complexity index is 1270. The highest BCUT2D eigenvalue weighted by atomic mass is 16.5. The van der Waals surface area contributed by atoms with E-state index < -0.39 is 24.4 Å². The van der Waals surface area contributed by atoms with Crippen molar-refractivity contribution < 1.29 is 33.3 Å². The number of carbonyl (C=O) groups excluding carboxylic acids is 3. The molecule has 0 saturated carbocycles. The Morgan fingerprint density at radius 1 is 0.919 bits per heavy atom. The van der Waals surface area contributed by atoms with E-state index in [1.165, 1.54) is 19.1 Å². The lowest BCUT2D eigenvalue weighted by Crippen LogP contribution is -2.28. The molecule has 3 aromatic carbocycles. The fraction of sp³-hybridized carbons (Fsp3) is 0.250. The van der Waals surface area contributed by atoms with E-state index in [4.69, 9.17) is 18.9 Å². The van der Waals surface area contributed by atoms with Crippen molar-refractivity contribution in [3.8, 4) is 23.0 Å². The van der Waals surface area contributed by atoms with E-state index in [0.29, 0.717) is 34.4 Å². The summed E-state index contributed by atoms with van der Waals surface area (Å²) in [5.74, 6) is 0.310. The average Bonchev–Trinajstić information content (AvgIpc) is 3.30. The van der Waals surface area contributed by atoms with Gasteiger partial charge in [-0.3, -0.25) is 14.4 Å². The van der Waals surface area contributed by atoms with E-state index in [0.717, 1.165) is 5.56 Å². The molecule has 1 N–H and O–H groups in total. The highest BCUT2D eigenvalue weighted by Gasteiger charge is 2.36. The third-order valence-corrected chi connectivity index (χ3v) is 5.89. The summed E-state index contributed by atoms with van der Waals surface area (Å²) in [6.07, 6.45) is 0.00573. The lowest BCUT2D eigenvalue weighted by atomic mass is 10.1. The number of benzene rings is 3. The number of anilines is 2. The zero-order chi connectivity index (χ0) is 26.4. The maximum Gasteiger partial charge on any atom is 0.311 e. The van der Waals surface area contributed by atoms with Crippen LogP contribution in [0.3, 0.4) is 0 Å². The SMILES string of the molecule is COc1ccc(OC)c(NC(=O)COC(=O)[C@H]2CC(=O)N(c3ccc(Oc4ccc(C)cc4)cc3)C2)c1. The van der Waals surface area contributed by atoms with Crippen molar-refractivity contribution >= 4 is 29.2 Å². The van der Waals surface area contributed by atoms with E-state index in [1.54, 1.807) is 42.5 Å². The maximum atomic E-state index is 12.6. The Labute approximate surface area is 214 Å². The second-order valence-corrected chi connectivity index (χ2v) is 8.54. The van der Waals surface area contributed by atoms with Crippen LogP contribution >= 0.6 is 0 Å². The lowest BCUT2D eigenvalue weighted by molar-refractivity contribution is -0.151. The number of nitrogens with one attached hydrogen (secondary N) is 1. The first-order valence-electron chi connectivity index (χ1n) is 11.7. The molecule has 3 aromatic rings. The largest absolute Gasteiger partial charge is 0.497 e. The van der Waals surface area contributed by atoms with Crippen molar-refractivity contribution in [2.24, 2.45) is 5.92 Å². The number of hydrogen-bond acceptors (Lipinski definition) is 7. The number of carbonyl (C=O) groups is 3. The summed E-state index contributed by atoms with van der Waals surface area (Å²) in [5, 5.41) is 2.64. The number of aryl methyl sites for hydroxylation is 1. The molecular weight excluding hydrogens is 476 g/mol. The third kappa shape index (κ3) is 6.38. The number of amides is 2. The van der Waals surface area contributed by atoms with Gasteiger partial charge in [0.05, 0.1) is 25.8 Å². The molecule has 1 aliphatic heterocycles. The van der Waals surface area contributed by atoms with Crippen LogP contribution in [0.25, 0.3) is 0 Å². The van der Waals surface area contributed by atoms with Crippen LogP contribution in [0.5, 0.6) is 23.0 Å². The van der Waals surface area contributed by atoms with Gasteiger partial charge < -0.3 is 29.2 Å². The zero-order valence-electron chi connectivity index (χ0n) is 20.9. The van der Waals surface area contributed by atoms with Gasteiger partial charge in [-0.15, -0.1) is 0 Å². The molecule has 0 radical (unpaired) electrons. The summed E-state index contributed by atoms with van der Waals surface area (Å²) in [6, 6.07) is 19.7. The lowest BCUT2D eigenvalue weighted by Gasteiger charge is -2.17. The minimum absolute atomic E-state index is 0.00573. The summed E-state index contributed by atoms with van der Waals surface area (Å²) in [4.78, 5) is 39.1. The Morgan fingerprint density at radius 3 is 2.22 bits per heavy atom. The summed E-state index contributed by atoms with van der Waals surface area (Å²) < 4.78 is 21.4. The van der Waals surface area contributed by atoms with Crippen molar-refractivity contribution in [3.63, 3.8) is 0 Å². The molecular formula is C28H28N2O7. The molecule has 0 aliphatic carbocycles. The predicted octanol–water partition coefficient (Wildman–Crippen LogP) is 4.34. The monoisotopic (exact) mass is 504 g/mol. The van der Waals surface area contributed by atoms with Crippen LogP contribution in [0, 0.1) is 12.8 Å². The standard InChI is InChI=1S/C28H28N2O7/c1-18-4-8-21(9-5-18)37-22-10-6-20(7-11-22)30-16-19(14-27(30)32)28(33)36-17-26(31)29-24-15-23(34-2)12-13-25(24)35-3/h4-13,15,19H,14,16-17H2,1-3H3,(H,29,31)/t19-/m0/s1. The molecule has 37 heavy (non-hydrogen) atoms. The predicted molar refractivity (Wildman–Crippen MR) is 137 cm³/mol. The van der Waals surface area contributed by atoms with Gasteiger partial charge in [-0.05, 0) is 55.5 Å². The van der Waals surface area contributed by atoms with Gasteiger partial charge in [0.1, 0.15) is 23.0 Å². The topological polar surface area (TPSA) is 103 Å². The van der Waals surface area contributed by atoms with Gasteiger partial charge >= 0.3 is 5.97 Å². The second kappa shape index (κ2) is 11.5. The van der Waals surface area contributed by atoms with Crippen molar-refractivity contribution in [1.82, 2.24) is 0 Å². The van der Waals surface area contributed by atoms with Gasteiger partial charge in [-0.25, -0.2) is 0 Å². The van der Waals surface area contributed by atoms with Crippen LogP contribution in [0.4, 0.5) is 11.4 Å². The van der Waals surface area contributed by atoms with E-state index in [-0.39, 0.29) is 18.9 Å². The molecule has 1 fully saturated rings. The van der Waals surface area contributed by atoms with Crippen LogP contribution in [0.1, 0.15) is 12.0 Å². The fourth-order valence-electron chi connectivity index (χ4n) is 3.90. The number of ether oxygens (including phenoxy) is 4. The quantitative estimate of drug-likeness (QED) is 0.433. The summed E-state index contributed by atoms with van der Waals surface area (Å²) in [7, 11) is 2.99. The summed E-state index contributed by atoms with van der Waals surface area (Å²) >= 11 is 0. The fourth-order valence-corrected chi connectivity index (χ4v) is 3.90. The molecule has 0 aromatic heterocycles. The first-order valence-corrected chi connectivity index (χ1v) is 11.7. The molecule has 2 amide bonds. The Hall–Kier alpha value is -4.53. The van der Waals surface area contributed by atoms with Gasteiger partial charge in [0.15, 0.2) is 6.61 Å². The van der Waals surface area contributed by atoms with Crippen LogP contribution in [-0.2, 0) is 19.1 Å². The Kier molecular flexibility index (Phi) is 7.92. The number of rotatable bonds is 9. The number of nitrogens with zero attached hydrogens (tertiary/aromatic N) is 1. The minimum atomic E-state index is -0.671. The van der Waals surface area contributed by atoms with Gasteiger partial charge in [0, 0.05) is 24.7 Å². The maximum absolute atomic E-state index is 12.6. The molecule has 1 atom stereocenters. The first kappa shape index (κ1) is 25.6. The van der Waals surface area contributed by atoms with Crippen LogP contribution < -0.4 is 24.4 Å². The molecule has 9 heteroatoms. The van der Waals surface area contributed by atoms with Gasteiger partial charge in [-0.2, -0.15) is 0 Å². The second-order valence-electron chi connectivity index (χ2n) is 8.54. The van der Waals surface area contributed by atoms with E-state index in [9.17, 15) is 14.4 Å². The molecule has 4 rings (SSSR count). The van der Waals surface area contributed by atoms with Gasteiger partial charge in [0.2, 0.25) is 5.91 Å². The van der Waals surface area contributed by atoms with Crippen molar-refractivity contribution in [2.45, 2.75) is 13.3 Å². The van der Waals surface area contributed by atoms with E-state index in [2.05, 4.69) is 5.32 Å². The normalized spacial score (nSPS) is 14.7. The van der Waals surface area contributed by atoms with Crippen molar-refractivity contribution in [1.29, 1.82) is 0 Å². The zero-order valence-corrected chi connectivity index (χ0v) is 20.9. The summed E-state index contributed by atoms with van der Waals surface area (Å²) in [5.41, 5.74) is 2.18. The van der Waals surface area contributed by atoms with Gasteiger partial charge in [0.25, 0.3) is 5.91 Å². The molecule has 9 nitrogen and oxygen atoms in total. The third-order valence-electron chi connectivity index (χ3n) is 5.89. The van der Waals surface area contributed by atoms with Crippen molar-refractivity contribution in [3.05, 3.63) is 72.3 Å². The molecule has 1 heterocycles. The van der Waals surface area contributed by atoms with Crippen LogP contribution in [-0.4, -0.2) is 45.2 Å². The molecule has 0 spiro atoms. The number of methoxy groups -OCH3 is 2. The Balaban J connectivity index is 1.30. The highest BCUT2D eigenvalue weighted by Crippen LogP contribution is 2.30. The van der Waals surface area contributed by atoms with Gasteiger partial charge in [-0.1, -0.05) is 17.7 Å². The van der Waals surface area contributed by atoms with Crippen LogP contribution in [0.2, 0.25) is 0 Å². The number of esters is 1. The van der Waals surface area contributed by atoms with E-state index >= 15 is 0 Å². The molecule has 0 bridgehead atoms. The molecule has 1 aliphatic rings. The average molecular weight is 505 g/mol. The molecule has 1 saturated heterocycles. The molecule has 192 valence electrons. The minimum Gasteiger partial charge on any atom is -0.497 e. The summed E-state index contributed by atoms with van der Waals surface area (Å²) in [6.45, 7) is 1.68. The Morgan fingerprint density at radius 2 is 1.57 bits per heavy atom. The van der Waals surface area contributed by atoms with Crippen LogP contribution in [0.15, 0.2) is 66.7 Å². The first-order chi connectivity index (χ1) is 17.9. The number of hydrogen-bond donors (Lipinski definition) is 1. The molecule has 0 unspecified atom stereocenters. The highest BCUT2D eigenvalue weighted by molar-refractivity contribution is 6.00. The smallest absolute Gasteiger partial charge is 0.311 e. The van der Waals surface area contributed by atoms with E-state index in [1.807, 2.05) is 31.2 Å².